The fraction of sp³-hybridized carbons (Fsp3) is 1.00. The van der Waals surface area contributed by atoms with E-state index in [0.29, 0.717) is 0 Å². The van der Waals surface area contributed by atoms with Crippen molar-refractivity contribution in [2.24, 2.45) is 17.8 Å². The molecule has 106 valence electrons. The molecule has 1 aliphatic heterocycles. The lowest BCUT2D eigenvalue weighted by Crippen LogP contribution is -2.42. The van der Waals surface area contributed by atoms with Crippen LogP contribution >= 0.6 is 0 Å². The van der Waals surface area contributed by atoms with Gasteiger partial charge < -0.3 is 10.2 Å². The summed E-state index contributed by atoms with van der Waals surface area (Å²) in [7, 11) is 0. The first-order chi connectivity index (χ1) is 8.63. The zero-order chi connectivity index (χ0) is 13.0. The third kappa shape index (κ3) is 4.55. The molecule has 2 unspecified atom stereocenters. The molecule has 0 aromatic heterocycles. The number of nitrogens with one attached hydrogen (secondary N) is 1. The second-order valence-electron chi connectivity index (χ2n) is 7.09. The summed E-state index contributed by atoms with van der Waals surface area (Å²) < 4.78 is 0. The van der Waals surface area contributed by atoms with Gasteiger partial charge in [-0.15, -0.1) is 0 Å². The molecule has 0 aromatic rings. The molecule has 0 aromatic carbocycles. The Morgan fingerprint density at radius 3 is 2.11 bits per heavy atom. The average Bonchev–Trinajstić information content (AvgIpc) is 2.30. The number of hydrogen-bond donors (Lipinski definition) is 1. The number of nitrogens with zero attached hydrogens (tertiary/aromatic N) is 1. The summed E-state index contributed by atoms with van der Waals surface area (Å²) in [6, 6.07) is 0.785. The van der Waals surface area contributed by atoms with Gasteiger partial charge in [-0.1, -0.05) is 20.8 Å². The van der Waals surface area contributed by atoms with Crippen molar-refractivity contribution >= 4 is 0 Å². The molecule has 1 N–H and O–H groups in total. The van der Waals surface area contributed by atoms with Gasteiger partial charge in [-0.25, -0.2) is 0 Å². The quantitative estimate of drug-likeness (QED) is 0.827. The van der Waals surface area contributed by atoms with Crippen LogP contribution in [0.25, 0.3) is 0 Å². The topological polar surface area (TPSA) is 15.3 Å². The Balaban J connectivity index is 1.60. The monoisotopic (exact) mass is 252 g/mol. The summed E-state index contributed by atoms with van der Waals surface area (Å²) in [5.41, 5.74) is 0. The summed E-state index contributed by atoms with van der Waals surface area (Å²) in [6.45, 7) is 12.3. The number of rotatable bonds is 4. The number of likely N-dealkylation sites (tertiary alicyclic amines) is 1. The van der Waals surface area contributed by atoms with Crippen LogP contribution in [0.2, 0.25) is 0 Å². The summed E-state index contributed by atoms with van der Waals surface area (Å²) in [5.74, 6) is 2.79. The molecule has 2 nitrogen and oxygen atoms in total. The first-order valence-corrected chi connectivity index (χ1v) is 8.09. The third-order valence-electron chi connectivity index (χ3n) is 4.92. The SMILES string of the molecule is CC1CCN(CCNC2CC(C)CC(C)C2)CC1. The molecule has 0 spiro atoms. The molecule has 2 fully saturated rings. The molecular weight excluding hydrogens is 220 g/mol. The lowest BCUT2D eigenvalue weighted by atomic mass is 9.80. The molecule has 2 rings (SSSR count). The van der Waals surface area contributed by atoms with Crippen molar-refractivity contribution in [3.63, 3.8) is 0 Å². The van der Waals surface area contributed by atoms with Crippen molar-refractivity contribution in [1.82, 2.24) is 10.2 Å². The number of hydrogen-bond acceptors (Lipinski definition) is 2. The van der Waals surface area contributed by atoms with E-state index in [1.54, 1.807) is 0 Å². The second-order valence-corrected chi connectivity index (χ2v) is 7.09. The Bertz CT molecular complexity index is 223. The van der Waals surface area contributed by atoms with Crippen molar-refractivity contribution in [3.8, 4) is 0 Å². The molecule has 1 saturated heterocycles. The van der Waals surface area contributed by atoms with Crippen LogP contribution in [0.3, 0.4) is 0 Å². The molecule has 0 amide bonds. The first-order valence-electron chi connectivity index (χ1n) is 8.09. The molecular formula is C16H32N2. The van der Waals surface area contributed by atoms with Gasteiger partial charge in [0.1, 0.15) is 0 Å². The van der Waals surface area contributed by atoms with Crippen molar-refractivity contribution in [1.29, 1.82) is 0 Å². The molecule has 1 saturated carbocycles. The van der Waals surface area contributed by atoms with E-state index in [1.165, 1.54) is 58.3 Å². The average molecular weight is 252 g/mol. The predicted molar refractivity (Wildman–Crippen MR) is 78.8 cm³/mol. The van der Waals surface area contributed by atoms with E-state index in [9.17, 15) is 0 Å². The molecule has 2 atom stereocenters. The largest absolute Gasteiger partial charge is 0.313 e. The van der Waals surface area contributed by atoms with Crippen LogP contribution in [0, 0.1) is 17.8 Å². The van der Waals surface area contributed by atoms with Crippen molar-refractivity contribution < 1.29 is 0 Å². The van der Waals surface area contributed by atoms with Gasteiger partial charge in [0.2, 0.25) is 0 Å². The Hall–Kier alpha value is -0.0800. The van der Waals surface area contributed by atoms with E-state index in [0.717, 1.165) is 23.8 Å². The minimum absolute atomic E-state index is 0.785. The van der Waals surface area contributed by atoms with Crippen LogP contribution in [0.5, 0.6) is 0 Å². The van der Waals surface area contributed by atoms with Gasteiger partial charge >= 0.3 is 0 Å². The normalized spacial score (nSPS) is 35.8. The standard InChI is InChI=1S/C16H32N2/c1-13-4-7-18(8-5-13)9-6-17-16-11-14(2)10-15(3)12-16/h13-17H,4-12H2,1-3H3. The molecule has 0 radical (unpaired) electrons. The number of piperidine rings is 1. The van der Waals surface area contributed by atoms with Crippen molar-refractivity contribution in [2.45, 2.75) is 58.9 Å². The highest BCUT2D eigenvalue weighted by Gasteiger charge is 2.23. The maximum absolute atomic E-state index is 3.80. The van der Waals surface area contributed by atoms with Crippen LogP contribution in [-0.4, -0.2) is 37.1 Å². The fourth-order valence-electron chi connectivity index (χ4n) is 3.83. The van der Waals surface area contributed by atoms with E-state index in [1.807, 2.05) is 0 Å². The van der Waals surface area contributed by atoms with E-state index >= 15 is 0 Å². The minimum atomic E-state index is 0.785. The van der Waals surface area contributed by atoms with Crippen LogP contribution < -0.4 is 5.32 Å². The molecule has 2 heteroatoms. The van der Waals surface area contributed by atoms with Gasteiger partial charge in [-0.3, -0.25) is 0 Å². The summed E-state index contributed by atoms with van der Waals surface area (Å²) in [4.78, 5) is 2.64. The lowest BCUT2D eigenvalue weighted by Gasteiger charge is -2.34. The second kappa shape index (κ2) is 6.91. The lowest BCUT2D eigenvalue weighted by molar-refractivity contribution is 0.182. The van der Waals surface area contributed by atoms with Crippen LogP contribution in [-0.2, 0) is 0 Å². The van der Waals surface area contributed by atoms with Crippen molar-refractivity contribution in [2.75, 3.05) is 26.2 Å². The van der Waals surface area contributed by atoms with Crippen LogP contribution in [0.15, 0.2) is 0 Å². The van der Waals surface area contributed by atoms with Gasteiger partial charge in [-0.2, -0.15) is 0 Å². The Morgan fingerprint density at radius 1 is 0.889 bits per heavy atom. The summed E-state index contributed by atoms with van der Waals surface area (Å²) >= 11 is 0. The zero-order valence-electron chi connectivity index (χ0n) is 12.6. The van der Waals surface area contributed by atoms with Gasteiger partial charge in [0.25, 0.3) is 0 Å². The van der Waals surface area contributed by atoms with Crippen molar-refractivity contribution in [3.05, 3.63) is 0 Å². The Kier molecular flexibility index (Phi) is 5.50. The molecule has 1 aliphatic carbocycles. The zero-order valence-corrected chi connectivity index (χ0v) is 12.6. The van der Waals surface area contributed by atoms with Gasteiger partial charge in [0.15, 0.2) is 0 Å². The van der Waals surface area contributed by atoms with Gasteiger partial charge in [0, 0.05) is 19.1 Å². The van der Waals surface area contributed by atoms with E-state index in [2.05, 4.69) is 31.0 Å². The molecule has 2 aliphatic rings. The smallest absolute Gasteiger partial charge is 0.0107 e. The Morgan fingerprint density at radius 2 is 1.50 bits per heavy atom. The highest BCUT2D eigenvalue weighted by Crippen LogP contribution is 2.28. The fourth-order valence-corrected chi connectivity index (χ4v) is 3.83. The molecule has 0 bridgehead atoms. The third-order valence-corrected chi connectivity index (χ3v) is 4.92. The molecule has 18 heavy (non-hydrogen) atoms. The van der Waals surface area contributed by atoms with Crippen LogP contribution in [0.4, 0.5) is 0 Å². The van der Waals surface area contributed by atoms with Gasteiger partial charge in [-0.05, 0) is 62.9 Å². The van der Waals surface area contributed by atoms with E-state index in [4.69, 9.17) is 0 Å². The maximum Gasteiger partial charge on any atom is 0.0107 e. The highest BCUT2D eigenvalue weighted by atomic mass is 15.1. The Labute approximate surface area is 114 Å². The first kappa shape index (κ1) is 14.3. The predicted octanol–water partition coefficient (Wildman–Crippen LogP) is 3.13. The summed E-state index contributed by atoms with van der Waals surface area (Å²) in [6.07, 6.45) is 7.01. The minimum Gasteiger partial charge on any atom is -0.313 e. The molecule has 1 heterocycles. The maximum atomic E-state index is 3.80. The van der Waals surface area contributed by atoms with E-state index < -0.39 is 0 Å². The summed E-state index contributed by atoms with van der Waals surface area (Å²) in [5, 5.41) is 3.80. The van der Waals surface area contributed by atoms with Crippen LogP contribution in [0.1, 0.15) is 52.9 Å². The van der Waals surface area contributed by atoms with E-state index in [-0.39, 0.29) is 0 Å². The van der Waals surface area contributed by atoms with Gasteiger partial charge in [0.05, 0.1) is 0 Å². The highest BCUT2D eigenvalue weighted by molar-refractivity contribution is 4.80.